The molecule has 0 saturated heterocycles. The lowest BCUT2D eigenvalue weighted by molar-refractivity contribution is -0.121. The number of nitrogens with zero attached hydrogens (tertiary/aromatic N) is 1. The Morgan fingerprint density at radius 2 is 1.96 bits per heavy atom. The Balaban J connectivity index is 1.67. The zero-order valence-corrected chi connectivity index (χ0v) is 13.6. The summed E-state index contributed by atoms with van der Waals surface area (Å²) < 4.78 is 5.59. The van der Waals surface area contributed by atoms with E-state index in [2.05, 4.69) is 15.6 Å². The van der Waals surface area contributed by atoms with Crippen LogP contribution in [-0.2, 0) is 11.3 Å². The van der Waals surface area contributed by atoms with Crippen LogP contribution in [-0.4, -0.2) is 23.5 Å². The molecule has 2 rings (SSSR count). The average Bonchev–Trinajstić information content (AvgIpc) is 2.55. The smallest absolute Gasteiger partial charge is 0.222 e. The third kappa shape index (κ3) is 6.38. The summed E-state index contributed by atoms with van der Waals surface area (Å²) in [6.07, 6.45) is 2.30. The Kier molecular flexibility index (Phi) is 6.41. The molecular formula is C18H23N3O2. The summed E-state index contributed by atoms with van der Waals surface area (Å²) in [5.74, 6) is 0.849. The highest BCUT2D eigenvalue weighted by Crippen LogP contribution is 2.16. The molecule has 5 heteroatoms. The van der Waals surface area contributed by atoms with Crippen molar-refractivity contribution in [3.05, 3.63) is 54.4 Å². The molecule has 1 heterocycles. The minimum Gasteiger partial charge on any atom is -0.491 e. The Morgan fingerprint density at radius 1 is 1.17 bits per heavy atom. The standard InChI is InChI=1S/C18H23N3O2/c1-14(2)23-17-8-6-15(7-9-17)20-12-10-18(22)21-13-16-5-3-4-11-19-16/h3-9,11,14,20H,10,12-13H2,1-2H3,(H,21,22). The summed E-state index contributed by atoms with van der Waals surface area (Å²) in [6.45, 7) is 5.03. The fourth-order valence-corrected chi connectivity index (χ4v) is 2.02. The van der Waals surface area contributed by atoms with Crippen LogP contribution in [0.1, 0.15) is 26.0 Å². The van der Waals surface area contributed by atoms with Crippen molar-refractivity contribution in [3.8, 4) is 5.75 Å². The average molecular weight is 313 g/mol. The summed E-state index contributed by atoms with van der Waals surface area (Å²) in [7, 11) is 0. The number of ether oxygens (including phenoxy) is 1. The largest absolute Gasteiger partial charge is 0.491 e. The lowest BCUT2D eigenvalue weighted by Gasteiger charge is -2.11. The van der Waals surface area contributed by atoms with E-state index in [1.165, 1.54) is 0 Å². The lowest BCUT2D eigenvalue weighted by atomic mass is 10.3. The van der Waals surface area contributed by atoms with Crippen molar-refractivity contribution in [2.75, 3.05) is 11.9 Å². The zero-order valence-electron chi connectivity index (χ0n) is 13.6. The van der Waals surface area contributed by atoms with Gasteiger partial charge in [-0.15, -0.1) is 0 Å². The molecule has 122 valence electrons. The molecule has 0 aliphatic rings. The molecule has 0 fully saturated rings. The molecule has 0 spiro atoms. The van der Waals surface area contributed by atoms with Gasteiger partial charge in [0.25, 0.3) is 0 Å². The van der Waals surface area contributed by atoms with Gasteiger partial charge in [0.1, 0.15) is 5.75 Å². The second-order valence-corrected chi connectivity index (χ2v) is 5.47. The number of carbonyl (C=O) groups is 1. The highest BCUT2D eigenvalue weighted by Gasteiger charge is 2.02. The van der Waals surface area contributed by atoms with Gasteiger partial charge < -0.3 is 15.4 Å². The first kappa shape index (κ1) is 16.8. The van der Waals surface area contributed by atoms with Gasteiger partial charge in [0.2, 0.25) is 5.91 Å². The van der Waals surface area contributed by atoms with Crippen LogP contribution in [0.3, 0.4) is 0 Å². The van der Waals surface area contributed by atoms with Crippen molar-refractivity contribution < 1.29 is 9.53 Å². The van der Waals surface area contributed by atoms with Crippen molar-refractivity contribution in [1.82, 2.24) is 10.3 Å². The molecule has 0 unspecified atom stereocenters. The van der Waals surface area contributed by atoms with Crippen molar-refractivity contribution in [2.24, 2.45) is 0 Å². The topological polar surface area (TPSA) is 63.2 Å². The van der Waals surface area contributed by atoms with Gasteiger partial charge in [-0.25, -0.2) is 0 Å². The number of hydrogen-bond acceptors (Lipinski definition) is 4. The first-order chi connectivity index (χ1) is 11.1. The van der Waals surface area contributed by atoms with Crippen LogP contribution in [0.5, 0.6) is 5.75 Å². The molecule has 0 bridgehead atoms. The monoisotopic (exact) mass is 313 g/mol. The number of nitrogens with one attached hydrogen (secondary N) is 2. The molecule has 1 amide bonds. The van der Waals surface area contributed by atoms with Crippen LogP contribution in [0, 0.1) is 0 Å². The third-order valence-electron chi connectivity index (χ3n) is 3.10. The van der Waals surface area contributed by atoms with E-state index < -0.39 is 0 Å². The van der Waals surface area contributed by atoms with E-state index in [4.69, 9.17) is 4.74 Å². The minimum absolute atomic E-state index is 0.00270. The zero-order chi connectivity index (χ0) is 16.5. The Labute approximate surface area is 137 Å². The van der Waals surface area contributed by atoms with Gasteiger partial charge in [-0.3, -0.25) is 9.78 Å². The molecule has 23 heavy (non-hydrogen) atoms. The van der Waals surface area contributed by atoms with Crippen molar-refractivity contribution >= 4 is 11.6 Å². The van der Waals surface area contributed by atoms with Crippen LogP contribution in [0.25, 0.3) is 0 Å². The lowest BCUT2D eigenvalue weighted by Crippen LogP contribution is -2.25. The van der Waals surface area contributed by atoms with Gasteiger partial charge in [-0.05, 0) is 50.2 Å². The molecule has 1 aromatic heterocycles. The maximum atomic E-state index is 11.8. The van der Waals surface area contributed by atoms with Gasteiger partial charge in [0, 0.05) is 24.8 Å². The SMILES string of the molecule is CC(C)Oc1ccc(NCCC(=O)NCc2ccccn2)cc1. The second-order valence-electron chi connectivity index (χ2n) is 5.47. The van der Waals surface area contributed by atoms with E-state index in [9.17, 15) is 4.79 Å². The van der Waals surface area contributed by atoms with Gasteiger partial charge in [0.05, 0.1) is 18.3 Å². The molecule has 0 saturated carbocycles. The minimum atomic E-state index is 0.00270. The van der Waals surface area contributed by atoms with Crippen LogP contribution >= 0.6 is 0 Å². The molecule has 0 atom stereocenters. The van der Waals surface area contributed by atoms with Crippen molar-refractivity contribution in [2.45, 2.75) is 32.9 Å². The second kappa shape index (κ2) is 8.78. The summed E-state index contributed by atoms with van der Waals surface area (Å²) in [4.78, 5) is 15.9. The number of benzene rings is 1. The quantitative estimate of drug-likeness (QED) is 0.786. The van der Waals surface area contributed by atoms with Crippen LogP contribution in [0.15, 0.2) is 48.7 Å². The van der Waals surface area contributed by atoms with Crippen LogP contribution < -0.4 is 15.4 Å². The fourth-order valence-electron chi connectivity index (χ4n) is 2.02. The molecule has 2 aromatic rings. The summed E-state index contributed by atoms with van der Waals surface area (Å²) in [6, 6.07) is 13.4. The first-order valence-electron chi connectivity index (χ1n) is 7.80. The summed E-state index contributed by atoms with van der Waals surface area (Å²) in [5.41, 5.74) is 1.83. The number of carbonyl (C=O) groups excluding carboxylic acids is 1. The molecular weight excluding hydrogens is 290 g/mol. The van der Waals surface area contributed by atoms with Gasteiger partial charge in [-0.2, -0.15) is 0 Å². The Morgan fingerprint density at radius 3 is 2.61 bits per heavy atom. The Bertz CT molecular complexity index is 597. The highest BCUT2D eigenvalue weighted by atomic mass is 16.5. The van der Waals surface area contributed by atoms with Crippen LogP contribution in [0.2, 0.25) is 0 Å². The van der Waals surface area contributed by atoms with E-state index in [1.807, 2.05) is 56.3 Å². The van der Waals surface area contributed by atoms with Gasteiger partial charge >= 0.3 is 0 Å². The number of amides is 1. The van der Waals surface area contributed by atoms with Crippen molar-refractivity contribution in [3.63, 3.8) is 0 Å². The summed E-state index contributed by atoms with van der Waals surface area (Å²) in [5, 5.41) is 6.08. The summed E-state index contributed by atoms with van der Waals surface area (Å²) >= 11 is 0. The number of pyridine rings is 1. The normalized spacial score (nSPS) is 10.4. The number of aromatic nitrogens is 1. The molecule has 0 radical (unpaired) electrons. The molecule has 2 N–H and O–H groups in total. The third-order valence-corrected chi connectivity index (χ3v) is 3.10. The number of rotatable bonds is 8. The maximum absolute atomic E-state index is 11.8. The van der Waals surface area contributed by atoms with E-state index in [1.54, 1.807) is 6.20 Å². The van der Waals surface area contributed by atoms with E-state index >= 15 is 0 Å². The predicted molar refractivity (Wildman–Crippen MR) is 91.4 cm³/mol. The first-order valence-corrected chi connectivity index (χ1v) is 7.80. The predicted octanol–water partition coefficient (Wildman–Crippen LogP) is 2.99. The number of hydrogen-bond donors (Lipinski definition) is 2. The molecule has 0 aliphatic carbocycles. The maximum Gasteiger partial charge on any atom is 0.222 e. The molecule has 1 aromatic carbocycles. The molecule has 0 aliphatic heterocycles. The van der Waals surface area contributed by atoms with Gasteiger partial charge in [-0.1, -0.05) is 6.07 Å². The highest BCUT2D eigenvalue weighted by molar-refractivity contribution is 5.76. The van der Waals surface area contributed by atoms with E-state index in [0.29, 0.717) is 19.5 Å². The van der Waals surface area contributed by atoms with E-state index in [-0.39, 0.29) is 12.0 Å². The van der Waals surface area contributed by atoms with E-state index in [0.717, 1.165) is 17.1 Å². The van der Waals surface area contributed by atoms with Gasteiger partial charge in [0.15, 0.2) is 0 Å². The number of anilines is 1. The fraction of sp³-hybridized carbons (Fsp3) is 0.333. The molecule has 5 nitrogen and oxygen atoms in total. The van der Waals surface area contributed by atoms with Crippen LogP contribution in [0.4, 0.5) is 5.69 Å². The Hall–Kier alpha value is -2.56. The van der Waals surface area contributed by atoms with Crippen molar-refractivity contribution in [1.29, 1.82) is 0 Å².